The molecule has 0 spiro atoms. The SMILES string of the molecule is C=COCOC(=O)C1CC2OC2(C)CC1C(=O)OCOC=C. The summed E-state index contributed by atoms with van der Waals surface area (Å²) in [5, 5.41) is 0. The van der Waals surface area contributed by atoms with Crippen LogP contribution in [0.3, 0.4) is 0 Å². The van der Waals surface area contributed by atoms with Crippen LogP contribution in [0.15, 0.2) is 25.7 Å². The normalized spacial score (nSPS) is 32.1. The summed E-state index contributed by atoms with van der Waals surface area (Å²) in [4.78, 5) is 24.3. The molecule has 2 rings (SSSR count). The second-order valence-electron chi connectivity index (χ2n) is 5.40. The van der Waals surface area contributed by atoms with Gasteiger partial charge in [0.05, 0.1) is 36.1 Å². The Hall–Kier alpha value is -2.02. The summed E-state index contributed by atoms with van der Waals surface area (Å²) in [7, 11) is 0. The summed E-state index contributed by atoms with van der Waals surface area (Å²) in [6.45, 7) is 8.16. The van der Waals surface area contributed by atoms with E-state index in [2.05, 4.69) is 13.2 Å². The van der Waals surface area contributed by atoms with Gasteiger partial charge in [0.2, 0.25) is 13.6 Å². The van der Waals surface area contributed by atoms with E-state index in [9.17, 15) is 9.59 Å². The molecule has 0 aromatic carbocycles. The monoisotopic (exact) mass is 312 g/mol. The smallest absolute Gasteiger partial charge is 0.312 e. The van der Waals surface area contributed by atoms with Crippen LogP contribution in [-0.4, -0.2) is 37.2 Å². The van der Waals surface area contributed by atoms with Gasteiger partial charge in [-0.1, -0.05) is 13.2 Å². The lowest BCUT2D eigenvalue weighted by atomic mass is 9.74. The molecule has 4 unspecified atom stereocenters. The minimum Gasteiger partial charge on any atom is -0.466 e. The fourth-order valence-electron chi connectivity index (χ4n) is 2.74. The van der Waals surface area contributed by atoms with Crippen molar-refractivity contribution >= 4 is 11.9 Å². The molecule has 7 heteroatoms. The predicted octanol–water partition coefficient (Wildman–Crippen LogP) is 1.49. The van der Waals surface area contributed by atoms with Crippen LogP contribution in [0, 0.1) is 11.8 Å². The van der Waals surface area contributed by atoms with E-state index >= 15 is 0 Å². The Bertz CT molecular complexity index is 461. The highest BCUT2D eigenvalue weighted by atomic mass is 16.7. The standard InChI is InChI=1S/C15H20O7/c1-4-18-8-20-13(16)10-6-12-15(3,22-12)7-11(10)14(17)21-9-19-5-2/h4-5,10-12H,1-2,6-9H2,3H3. The molecule has 122 valence electrons. The third-order valence-corrected chi connectivity index (χ3v) is 3.99. The van der Waals surface area contributed by atoms with Gasteiger partial charge in [0, 0.05) is 0 Å². The quantitative estimate of drug-likeness (QED) is 0.221. The zero-order chi connectivity index (χ0) is 16.2. The Morgan fingerprint density at radius 1 is 1.14 bits per heavy atom. The van der Waals surface area contributed by atoms with E-state index in [1.807, 2.05) is 6.92 Å². The molecular formula is C15H20O7. The summed E-state index contributed by atoms with van der Waals surface area (Å²) < 4.78 is 25.1. The van der Waals surface area contributed by atoms with Crippen LogP contribution in [0.5, 0.6) is 0 Å². The molecule has 0 amide bonds. The molecule has 1 heterocycles. The topological polar surface area (TPSA) is 83.6 Å². The van der Waals surface area contributed by atoms with Gasteiger partial charge in [-0.05, 0) is 19.8 Å². The van der Waals surface area contributed by atoms with E-state index in [1.165, 1.54) is 12.5 Å². The number of fused-ring (bicyclic) bond motifs is 1. The van der Waals surface area contributed by atoms with E-state index < -0.39 is 23.8 Å². The van der Waals surface area contributed by atoms with Crippen molar-refractivity contribution in [3.05, 3.63) is 25.7 Å². The molecule has 0 aromatic heterocycles. The predicted molar refractivity (Wildman–Crippen MR) is 74.0 cm³/mol. The van der Waals surface area contributed by atoms with Crippen molar-refractivity contribution in [1.82, 2.24) is 0 Å². The van der Waals surface area contributed by atoms with Crippen LogP contribution in [-0.2, 0) is 33.3 Å². The zero-order valence-corrected chi connectivity index (χ0v) is 12.5. The van der Waals surface area contributed by atoms with Gasteiger partial charge in [0.1, 0.15) is 0 Å². The Kier molecular flexibility index (Phi) is 5.07. The number of carbonyl (C=O) groups is 2. The molecule has 7 nitrogen and oxygen atoms in total. The number of epoxide rings is 1. The molecule has 0 N–H and O–H groups in total. The zero-order valence-electron chi connectivity index (χ0n) is 12.5. The molecule has 4 atom stereocenters. The molecule has 0 aromatic rings. The first-order valence-electron chi connectivity index (χ1n) is 6.98. The van der Waals surface area contributed by atoms with Gasteiger partial charge in [-0.2, -0.15) is 0 Å². The highest BCUT2D eigenvalue weighted by Crippen LogP contribution is 2.52. The highest BCUT2D eigenvalue weighted by molar-refractivity contribution is 5.82. The van der Waals surface area contributed by atoms with Gasteiger partial charge in [-0.15, -0.1) is 0 Å². The van der Waals surface area contributed by atoms with Gasteiger partial charge >= 0.3 is 11.9 Å². The van der Waals surface area contributed by atoms with Crippen LogP contribution >= 0.6 is 0 Å². The number of carbonyl (C=O) groups excluding carboxylic acids is 2. The molecule has 1 saturated carbocycles. The third kappa shape index (κ3) is 3.59. The van der Waals surface area contributed by atoms with E-state index in [0.29, 0.717) is 12.8 Å². The summed E-state index contributed by atoms with van der Waals surface area (Å²) in [6, 6.07) is 0. The first kappa shape index (κ1) is 16.4. The number of esters is 2. The average molecular weight is 312 g/mol. The Morgan fingerprint density at radius 2 is 1.68 bits per heavy atom. The van der Waals surface area contributed by atoms with E-state index in [4.69, 9.17) is 23.7 Å². The molecule has 0 bridgehead atoms. The maximum Gasteiger partial charge on any atom is 0.312 e. The summed E-state index contributed by atoms with van der Waals surface area (Å²) in [5.74, 6) is -2.27. The van der Waals surface area contributed by atoms with Crippen molar-refractivity contribution in [3.63, 3.8) is 0 Å². The molecule has 2 aliphatic rings. The van der Waals surface area contributed by atoms with Crippen LogP contribution in [0.25, 0.3) is 0 Å². The Morgan fingerprint density at radius 3 is 2.23 bits per heavy atom. The Balaban J connectivity index is 1.97. The first-order valence-corrected chi connectivity index (χ1v) is 6.98. The van der Waals surface area contributed by atoms with Crippen molar-refractivity contribution in [2.45, 2.75) is 31.5 Å². The van der Waals surface area contributed by atoms with Gasteiger partial charge in [-0.3, -0.25) is 9.59 Å². The van der Waals surface area contributed by atoms with Crippen LogP contribution in [0.4, 0.5) is 0 Å². The Labute approximate surface area is 128 Å². The number of hydrogen-bond donors (Lipinski definition) is 0. The van der Waals surface area contributed by atoms with Gasteiger partial charge < -0.3 is 23.7 Å². The number of hydrogen-bond acceptors (Lipinski definition) is 7. The van der Waals surface area contributed by atoms with Crippen molar-refractivity contribution in [1.29, 1.82) is 0 Å². The molecule has 1 aliphatic heterocycles. The van der Waals surface area contributed by atoms with Crippen molar-refractivity contribution in [3.8, 4) is 0 Å². The number of rotatable bonds is 8. The fourth-order valence-corrected chi connectivity index (χ4v) is 2.74. The second kappa shape index (κ2) is 6.83. The van der Waals surface area contributed by atoms with E-state index in [0.717, 1.165) is 0 Å². The summed E-state index contributed by atoms with van der Waals surface area (Å²) in [6.07, 6.45) is 3.15. The maximum absolute atomic E-state index is 12.2. The third-order valence-electron chi connectivity index (χ3n) is 3.99. The second-order valence-corrected chi connectivity index (χ2v) is 5.40. The molecule has 1 saturated heterocycles. The molecule has 1 aliphatic carbocycles. The summed E-state index contributed by atoms with van der Waals surface area (Å²) >= 11 is 0. The molecule has 2 fully saturated rings. The van der Waals surface area contributed by atoms with Crippen molar-refractivity contribution < 1.29 is 33.3 Å². The van der Waals surface area contributed by atoms with Gasteiger partial charge in [-0.25, -0.2) is 0 Å². The minimum absolute atomic E-state index is 0.0288. The highest BCUT2D eigenvalue weighted by Gasteiger charge is 2.61. The molecule has 0 radical (unpaired) electrons. The molecular weight excluding hydrogens is 292 g/mol. The minimum atomic E-state index is -0.631. The summed E-state index contributed by atoms with van der Waals surface area (Å²) in [5.41, 5.74) is -0.364. The van der Waals surface area contributed by atoms with E-state index in [-0.39, 0.29) is 25.3 Å². The fraction of sp³-hybridized carbons (Fsp3) is 0.600. The lowest BCUT2D eigenvalue weighted by Crippen LogP contribution is -2.40. The van der Waals surface area contributed by atoms with Crippen LogP contribution in [0.2, 0.25) is 0 Å². The van der Waals surface area contributed by atoms with E-state index in [1.54, 1.807) is 0 Å². The van der Waals surface area contributed by atoms with Gasteiger partial charge in [0.25, 0.3) is 0 Å². The van der Waals surface area contributed by atoms with Crippen molar-refractivity contribution in [2.24, 2.45) is 11.8 Å². The molecule has 22 heavy (non-hydrogen) atoms. The van der Waals surface area contributed by atoms with Crippen LogP contribution in [0.1, 0.15) is 19.8 Å². The lowest BCUT2D eigenvalue weighted by molar-refractivity contribution is -0.172. The first-order chi connectivity index (χ1) is 10.5. The average Bonchev–Trinajstić information content (AvgIpc) is 3.16. The lowest BCUT2D eigenvalue weighted by Gasteiger charge is -2.28. The van der Waals surface area contributed by atoms with Crippen LogP contribution < -0.4 is 0 Å². The van der Waals surface area contributed by atoms with Crippen molar-refractivity contribution in [2.75, 3.05) is 13.6 Å². The maximum atomic E-state index is 12.2. The van der Waals surface area contributed by atoms with Gasteiger partial charge in [0.15, 0.2) is 0 Å². The number of ether oxygens (including phenoxy) is 5. The largest absolute Gasteiger partial charge is 0.466 e.